The van der Waals surface area contributed by atoms with Crippen molar-refractivity contribution in [3.8, 4) is 0 Å². The van der Waals surface area contributed by atoms with Crippen LogP contribution in [0.1, 0.15) is 39.5 Å². The Kier molecular flexibility index (Phi) is 5.95. The van der Waals surface area contributed by atoms with Crippen molar-refractivity contribution in [2.45, 2.75) is 39.5 Å². The van der Waals surface area contributed by atoms with Gasteiger partial charge in [-0.25, -0.2) is 0 Å². The molecule has 0 unspecified atom stereocenters. The fourth-order valence-corrected chi connectivity index (χ4v) is 4.43. The molecule has 1 aliphatic carbocycles. The minimum absolute atomic E-state index is 0.802. The largest absolute Gasteiger partial charge is 0.381 e. The molecule has 3 aliphatic rings. The Balaban J connectivity index is 1.41. The Morgan fingerprint density at radius 3 is 2.27 bits per heavy atom. The van der Waals surface area contributed by atoms with Gasteiger partial charge in [0.25, 0.3) is 0 Å². The van der Waals surface area contributed by atoms with Gasteiger partial charge in [-0.05, 0) is 50.4 Å². The topological polar surface area (TPSA) is 15.7 Å². The van der Waals surface area contributed by atoms with Crippen LogP contribution in [0, 0.1) is 17.8 Å². The SMILES string of the molecule is CC1=CCC[C@@H](C)[C@H]1CN1CCN(CC2CCOCC2)CC1. The predicted molar refractivity (Wildman–Crippen MR) is 92.1 cm³/mol. The summed E-state index contributed by atoms with van der Waals surface area (Å²) in [5.74, 6) is 2.55. The zero-order valence-corrected chi connectivity index (χ0v) is 14.6. The summed E-state index contributed by atoms with van der Waals surface area (Å²) < 4.78 is 5.48. The van der Waals surface area contributed by atoms with Gasteiger partial charge in [0.1, 0.15) is 0 Å². The highest BCUT2D eigenvalue weighted by molar-refractivity contribution is 5.09. The zero-order chi connectivity index (χ0) is 15.4. The summed E-state index contributed by atoms with van der Waals surface area (Å²) in [6, 6.07) is 0. The van der Waals surface area contributed by atoms with E-state index >= 15 is 0 Å². The highest BCUT2D eigenvalue weighted by Crippen LogP contribution is 2.31. The minimum Gasteiger partial charge on any atom is -0.381 e. The maximum absolute atomic E-state index is 5.48. The molecule has 2 heterocycles. The number of piperazine rings is 1. The molecule has 3 nitrogen and oxygen atoms in total. The first-order valence-electron chi connectivity index (χ1n) is 9.41. The van der Waals surface area contributed by atoms with Gasteiger partial charge in [0, 0.05) is 52.5 Å². The van der Waals surface area contributed by atoms with Crippen LogP contribution in [0.3, 0.4) is 0 Å². The first-order chi connectivity index (χ1) is 10.7. The molecule has 0 aromatic carbocycles. The van der Waals surface area contributed by atoms with Crippen LogP contribution >= 0.6 is 0 Å². The molecule has 0 bridgehead atoms. The van der Waals surface area contributed by atoms with E-state index in [0.717, 1.165) is 31.0 Å². The number of nitrogens with zero attached hydrogens (tertiary/aromatic N) is 2. The van der Waals surface area contributed by atoms with E-state index in [-0.39, 0.29) is 0 Å². The van der Waals surface area contributed by atoms with E-state index in [0.29, 0.717) is 0 Å². The van der Waals surface area contributed by atoms with Crippen molar-refractivity contribution in [1.29, 1.82) is 0 Å². The quantitative estimate of drug-likeness (QED) is 0.743. The van der Waals surface area contributed by atoms with Crippen LogP contribution in [0.4, 0.5) is 0 Å². The Hall–Kier alpha value is -0.380. The smallest absolute Gasteiger partial charge is 0.0469 e. The van der Waals surface area contributed by atoms with E-state index in [9.17, 15) is 0 Å². The van der Waals surface area contributed by atoms with Crippen LogP contribution in [0.15, 0.2) is 11.6 Å². The molecule has 0 aromatic heterocycles. The van der Waals surface area contributed by atoms with Crippen molar-refractivity contribution in [3.05, 3.63) is 11.6 Å². The summed E-state index contributed by atoms with van der Waals surface area (Å²) in [6.07, 6.45) is 7.69. The lowest BCUT2D eigenvalue weighted by atomic mass is 9.79. The number of allylic oxidation sites excluding steroid dienone is 1. The Labute approximate surface area is 136 Å². The van der Waals surface area contributed by atoms with Crippen LogP contribution < -0.4 is 0 Å². The maximum Gasteiger partial charge on any atom is 0.0469 e. The summed E-state index contributed by atoms with van der Waals surface area (Å²) in [5.41, 5.74) is 1.64. The number of rotatable bonds is 4. The standard InChI is InChI=1S/C19H34N2O/c1-16-4-3-5-17(2)19(16)15-21-10-8-20(9-11-21)14-18-6-12-22-13-7-18/h4,17-19H,3,5-15H2,1-2H3/t17-,19+/m1/s1. The number of hydrogen-bond donors (Lipinski definition) is 0. The second kappa shape index (κ2) is 7.94. The lowest BCUT2D eigenvalue weighted by molar-refractivity contribution is 0.0401. The monoisotopic (exact) mass is 306 g/mol. The molecular weight excluding hydrogens is 272 g/mol. The number of ether oxygens (including phenoxy) is 1. The van der Waals surface area contributed by atoms with Gasteiger partial charge >= 0.3 is 0 Å². The molecule has 2 fully saturated rings. The van der Waals surface area contributed by atoms with Gasteiger partial charge in [-0.1, -0.05) is 18.6 Å². The van der Waals surface area contributed by atoms with Gasteiger partial charge in [-0.15, -0.1) is 0 Å². The van der Waals surface area contributed by atoms with Gasteiger partial charge < -0.3 is 14.5 Å². The van der Waals surface area contributed by atoms with Crippen LogP contribution in [-0.2, 0) is 4.74 Å². The third-order valence-corrected chi connectivity index (χ3v) is 6.14. The molecule has 2 aliphatic heterocycles. The van der Waals surface area contributed by atoms with Gasteiger partial charge in [0.05, 0.1) is 0 Å². The molecule has 0 spiro atoms. The summed E-state index contributed by atoms with van der Waals surface area (Å²) in [6.45, 7) is 14.4. The molecular formula is C19H34N2O. The van der Waals surface area contributed by atoms with Crippen LogP contribution in [0.5, 0.6) is 0 Å². The van der Waals surface area contributed by atoms with E-state index in [1.807, 2.05) is 0 Å². The summed E-state index contributed by atoms with van der Waals surface area (Å²) in [7, 11) is 0. The molecule has 2 saturated heterocycles. The highest BCUT2D eigenvalue weighted by Gasteiger charge is 2.27. The summed E-state index contributed by atoms with van der Waals surface area (Å²) in [5, 5.41) is 0. The fraction of sp³-hybridized carbons (Fsp3) is 0.895. The van der Waals surface area contributed by atoms with Crippen molar-refractivity contribution < 1.29 is 4.74 Å². The molecule has 22 heavy (non-hydrogen) atoms. The summed E-state index contributed by atoms with van der Waals surface area (Å²) >= 11 is 0. The Morgan fingerprint density at radius 2 is 1.64 bits per heavy atom. The van der Waals surface area contributed by atoms with Gasteiger partial charge in [0.15, 0.2) is 0 Å². The average molecular weight is 306 g/mol. The molecule has 126 valence electrons. The fourth-order valence-electron chi connectivity index (χ4n) is 4.43. The molecule has 0 saturated carbocycles. The molecule has 0 amide bonds. The summed E-state index contributed by atoms with van der Waals surface area (Å²) in [4.78, 5) is 5.41. The van der Waals surface area contributed by atoms with E-state index < -0.39 is 0 Å². The molecule has 0 aromatic rings. The second-order valence-electron chi connectivity index (χ2n) is 7.77. The van der Waals surface area contributed by atoms with Gasteiger partial charge in [-0.3, -0.25) is 0 Å². The maximum atomic E-state index is 5.48. The third kappa shape index (κ3) is 4.33. The van der Waals surface area contributed by atoms with Crippen molar-refractivity contribution in [2.75, 3.05) is 52.5 Å². The lowest BCUT2D eigenvalue weighted by Crippen LogP contribution is -2.49. The van der Waals surface area contributed by atoms with Gasteiger partial charge in [-0.2, -0.15) is 0 Å². The van der Waals surface area contributed by atoms with Crippen LogP contribution in [-0.4, -0.2) is 62.3 Å². The predicted octanol–water partition coefficient (Wildman–Crippen LogP) is 3.02. The van der Waals surface area contributed by atoms with Crippen molar-refractivity contribution in [3.63, 3.8) is 0 Å². The normalized spacial score (nSPS) is 32.9. The second-order valence-corrected chi connectivity index (χ2v) is 7.77. The molecule has 2 atom stereocenters. The number of hydrogen-bond acceptors (Lipinski definition) is 3. The molecule has 0 radical (unpaired) electrons. The highest BCUT2D eigenvalue weighted by atomic mass is 16.5. The van der Waals surface area contributed by atoms with Crippen molar-refractivity contribution in [1.82, 2.24) is 9.80 Å². The average Bonchev–Trinajstić information content (AvgIpc) is 2.54. The Bertz CT molecular complexity index is 368. The van der Waals surface area contributed by atoms with Gasteiger partial charge in [0.2, 0.25) is 0 Å². The minimum atomic E-state index is 0.802. The van der Waals surface area contributed by atoms with E-state index in [1.54, 1.807) is 5.57 Å². The van der Waals surface area contributed by atoms with E-state index in [4.69, 9.17) is 4.74 Å². The first-order valence-corrected chi connectivity index (χ1v) is 9.41. The Morgan fingerprint density at radius 1 is 1.00 bits per heavy atom. The van der Waals surface area contributed by atoms with E-state index in [2.05, 4.69) is 29.7 Å². The third-order valence-electron chi connectivity index (χ3n) is 6.14. The molecule has 3 heteroatoms. The van der Waals surface area contributed by atoms with Crippen LogP contribution in [0.25, 0.3) is 0 Å². The molecule has 3 rings (SSSR count). The van der Waals surface area contributed by atoms with Crippen molar-refractivity contribution >= 4 is 0 Å². The van der Waals surface area contributed by atoms with Crippen LogP contribution in [0.2, 0.25) is 0 Å². The lowest BCUT2D eigenvalue weighted by Gasteiger charge is -2.40. The first kappa shape index (κ1) is 16.5. The van der Waals surface area contributed by atoms with E-state index in [1.165, 1.54) is 65.0 Å². The zero-order valence-electron chi connectivity index (χ0n) is 14.6. The van der Waals surface area contributed by atoms with Crippen molar-refractivity contribution in [2.24, 2.45) is 17.8 Å². The molecule has 0 N–H and O–H groups in total.